The normalized spacial score (nSPS) is 15.8. The van der Waals surface area contributed by atoms with Gasteiger partial charge in [0.1, 0.15) is 12.4 Å². The van der Waals surface area contributed by atoms with Gasteiger partial charge in [0.25, 0.3) is 5.91 Å². The summed E-state index contributed by atoms with van der Waals surface area (Å²) in [4.78, 5) is 17.0. The molecule has 2 aromatic carbocycles. The number of ether oxygens (including phenoxy) is 1. The third-order valence-corrected chi connectivity index (χ3v) is 5.10. The smallest absolute Gasteiger partial charge is 0.255 e. The van der Waals surface area contributed by atoms with Crippen LogP contribution in [0.4, 0.5) is 5.69 Å². The molecule has 2 heterocycles. The van der Waals surface area contributed by atoms with E-state index >= 15 is 0 Å². The number of rotatable bonds is 3. The summed E-state index contributed by atoms with van der Waals surface area (Å²) in [6, 6.07) is 13.2. The van der Waals surface area contributed by atoms with Crippen LogP contribution in [0.15, 0.2) is 47.8 Å². The highest BCUT2D eigenvalue weighted by atomic mass is 32.1. The van der Waals surface area contributed by atoms with Crippen molar-refractivity contribution in [2.75, 3.05) is 11.9 Å². The molecule has 5 nitrogen and oxygen atoms in total. The fourth-order valence-electron chi connectivity index (χ4n) is 2.97. The van der Waals surface area contributed by atoms with Gasteiger partial charge < -0.3 is 15.8 Å². The highest BCUT2D eigenvalue weighted by Gasteiger charge is 2.17. The van der Waals surface area contributed by atoms with Crippen molar-refractivity contribution < 1.29 is 9.53 Å². The van der Waals surface area contributed by atoms with Gasteiger partial charge in [-0.05, 0) is 37.1 Å². The van der Waals surface area contributed by atoms with E-state index in [0.29, 0.717) is 17.9 Å². The minimum atomic E-state index is -0.154. The zero-order chi connectivity index (χ0) is 18.1. The largest absolute Gasteiger partial charge is 0.492 e. The fourth-order valence-corrected chi connectivity index (χ4v) is 3.59. The Bertz CT molecular complexity index is 950. The zero-order valence-electron chi connectivity index (χ0n) is 14.4. The van der Waals surface area contributed by atoms with Gasteiger partial charge in [-0.2, -0.15) is 0 Å². The summed E-state index contributed by atoms with van der Waals surface area (Å²) in [6.45, 7) is 2.48. The highest BCUT2D eigenvalue weighted by molar-refractivity contribution is 7.09. The Morgan fingerprint density at radius 3 is 2.81 bits per heavy atom. The summed E-state index contributed by atoms with van der Waals surface area (Å²) in [5.74, 6) is 0.636. The molecule has 0 unspecified atom stereocenters. The maximum Gasteiger partial charge on any atom is 0.255 e. The van der Waals surface area contributed by atoms with Gasteiger partial charge in [0.2, 0.25) is 0 Å². The number of hydrogen-bond donors (Lipinski definition) is 2. The average Bonchev–Trinajstić information content (AvgIpc) is 3.08. The van der Waals surface area contributed by atoms with Crippen molar-refractivity contribution in [2.24, 2.45) is 5.73 Å². The van der Waals surface area contributed by atoms with E-state index in [1.165, 1.54) is 0 Å². The van der Waals surface area contributed by atoms with Crippen LogP contribution in [-0.2, 0) is 6.42 Å². The predicted octanol–water partition coefficient (Wildman–Crippen LogP) is 3.63. The van der Waals surface area contributed by atoms with E-state index in [4.69, 9.17) is 10.5 Å². The molecular formula is C20H19N3O2S. The summed E-state index contributed by atoms with van der Waals surface area (Å²) in [7, 11) is 0. The molecule has 0 saturated carbocycles. The molecule has 1 aromatic heterocycles. The number of aryl methyl sites for hydroxylation is 1. The standard InChI is InChI=1S/C20H19N3O2S/c1-12-22-18(11-26-12)13-2-4-14(5-3-13)20(24)23-17-7-6-15-8-16(21)10-25-19(15)9-17/h2-7,9,11,16H,8,10,21H2,1H3,(H,23,24)/t16-/m1/s1. The Kier molecular flexibility index (Phi) is 4.44. The minimum Gasteiger partial charge on any atom is -0.492 e. The Hall–Kier alpha value is -2.70. The average molecular weight is 365 g/mol. The number of benzene rings is 2. The molecule has 1 atom stereocenters. The van der Waals surface area contributed by atoms with Gasteiger partial charge in [0, 0.05) is 34.3 Å². The molecule has 0 aliphatic carbocycles. The van der Waals surface area contributed by atoms with E-state index in [1.54, 1.807) is 11.3 Å². The van der Waals surface area contributed by atoms with Crippen molar-refractivity contribution in [3.63, 3.8) is 0 Å². The van der Waals surface area contributed by atoms with Gasteiger partial charge in [-0.25, -0.2) is 4.98 Å². The number of carbonyl (C=O) groups is 1. The molecule has 3 aromatic rings. The van der Waals surface area contributed by atoms with Crippen LogP contribution in [0, 0.1) is 6.92 Å². The fraction of sp³-hybridized carbons (Fsp3) is 0.200. The highest BCUT2D eigenvalue weighted by Crippen LogP contribution is 2.28. The first-order chi connectivity index (χ1) is 12.6. The van der Waals surface area contributed by atoms with Gasteiger partial charge in [-0.1, -0.05) is 18.2 Å². The third kappa shape index (κ3) is 3.47. The second-order valence-electron chi connectivity index (χ2n) is 6.38. The monoisotopic (exact) mass is 365 g/mol. The number of hydrogen-bond acceptors (Lipinski definition) is 5. The van der Waals surface area contributed by atoms with Gasteiger partial charge in [-0.3, -0.25) is 4.79 Å². The van der Waals surface area contributed by atoms with Gasteiger partial charge in [-0.15, -0.1) is 11.3 Å². The number of nitrogens with two attached hydrogens (primary N) is 1. The summed E-state index contributed by atoms with van der Waals surface area (Å²) < 4.78 is 5.65. The number of aromatic nitrogens is 1. The molecule has 1 amide bonds. The number of nitrogens with one attached hydrogen (secondary N) is 1. The molecule has 0 radical (unpaired) electrons. The molecule has 0 spiro atoms. The lowest BCUT2D eigenvalue weighted by Crippen LogP contribution is -2.33. The Labute approximate surface area is 155 Å². The van der Waals surface area contributed by atoms with Crippen LogP contribution < -0.4 is 15.8 Å². The van der Waals surface area contributed by atoms with Gasteiger partial charge in [0.05, 0.1) is 10.7 Å². The summed E-state index contributed by atoms with van der Waals surface area (Å²) >= 11 is 1.61. The summed E-state index contributed by atoms with van der Waals surface area (Å²) in [5.41, 5.74) is 10.2. The molecule has 0 bridgehead atoms. The van der Waals surface area contributed by atoms with Crippen LogP contribution in [0.3, 0.4) is 0 Å². The first-order valence-corrected chi connectivity index (χ1v) is 9.32. The van der Waals surface area contributed by atoms with Crippen LogP contribution in [0.25, 0.3) is 11.3 Å². The molecule has 0 saturated heterocycles. The second kappa shape index (κ2) is 6.90. The van der Waals surface area contributed by atoms with Crippen molar-refractivity contribution in [3.8, 4) is 17.0 Å². The van der Waals surface area contributed by atoms with E-state index < -0.39 is 0 Å². The lowest BCUT2D eigenvalue weighted by atomic mass is 10.0. The van der Waals surface area contributed by atoms with Crippen LogP contribution in [0.5, 0.6) is 5.75 Å². The van der Waals surface area contributed by atoms with Crippen molar-refractivity contribution in [2.45, 2.75) is 19.4 Å². The summed E-state index contributed by atoms with van der Waals surface area (Å²) in [6.07, 6.45) is 0.793. The van der Waals surface area contributed by atoms with Gasteiger partial charge >= 0.3 is 0 Å². The van der Waals surface area contributed by atoms with E-state index in [1.807, 2.05) is 54.8 Å². The number of carbonyl (C=O) groups excluding carboxylic acids is 1. The van der Waals surface area contributed by atoms with Crippen LogP contribution in [-0.4, -0.2) is 23.5 Å². The third-order valence-electron chi connectivity index (χ3n) is 4.32. The van der Waals surface area contributed by atoms with E-state index in [2.05, 4.69) is 10.3 Å². The maximum atomic E-state index is 12.5. The number of nitrogens with zero attached hydrogens (tertiary/aromatic N) is 1. The van der Waals surface area contributed by atoms with E-state index in [-0.39, 0.29) is 11.9 Å². The topological polar surface area (TPSA) is 77.2 Å². The SMILES string of the molecule is Cc1nc(-c2ccc(C(=O)Nc3ccc4c(c3)OC[C@H](N)C4)cc2)cs1. The lowest BCUT2D eigenvalue weighted by molar-refractivity contribution is 0.102. The quantitative estimate of drug-likeness (QED) is 0.743. The molecule has 4 rings (SSSR count). The molecule has 1 aliphatic rings. The van der Waals surface area contributed by atoms with Crippen molar-refractivity contribution >= 4 is 22.9 Å². The molecule has 132 valence electrons. The molecule has 0 fully saturated rings. The van der Waals surface area contributed by atoms with Crippen LogP contribution in [0.2, 0.25) is 0 Å². The minimum absolute atomic E-state index is 0.0305. The van der Waals surface area contributed by atoms with E-state index in [0.717, 1.165) is 34.0 Å². The first kappa shape index (κ1) is 16.8. The first-order valence-electron chi connectivity index (χ1n) is 8.44. The summed E-state index contributed by atoms with van der Waals surface area (Å²) in [5, 5.41) is 5.96. The number of amides is 1. The van der Waals surface area contributed by atoms with E-state index in [9.17, 15) is 4.79 Å². The van der Waals surface area contributed by atoms with Crippen molar-refractivity contribution in [1.29, 1.82) is 0 Å². The second-order valence-corrected chi connectivity index (χ2v) is 7.44. The molecule has 1 aliphatic heterocycles. The number of fused-ring (bicyclic) bond motifs is 1. The van der Waals surface area contributed by atoms with Crippen LogP contribution >= 0.6 is 11.3 Å². The molecule has 3 N–H and O–H groups in total. The number of thiazole rings is 1. The predicted molar refractivity (Wildman–Crippen MR) is 104 cm³/mol. The number of anilines is 1. The van der Waals surface area contributed by atoms with Crippen molar-refractivity contribution in [1.82, 2.24) is 4.98 Å². The van der Waals surface area contributed by atoms with Gasteiger partial charge in [0.15, 0.2) is 0 Å². The molecular weight excluding hydrogens is 346 g/mol. The Balaban J connectivity index is 1.48. The zero-order valence-corrected chi connectivity index (χ0v) is 15.2. The maximum absolute atomic E-state index is 12.5. The Morgan fingerprint density at radius 1 is 1.27 bits per heavy atom. The molecule has 26 heavy (non-hydrogen) atoms. The molecule has 6 heteroatoms. The van der Waals surface area contributed by atoms with Crippen molar-refractivity contribution in [3.05, 3.63) is 64.0 Å². The lowest BCUT2D eigenvalue weighted by Gasteiger charge is -2.23. The Morgan fingerprint density at radius 2 is 2.08 bits per heavy atom. The van der Waals surface area contributed by atoms with Crippen LogP contribution in [0.1, 0.15) is 20.9 Å².